The average molecular weight is 839 g/mol. The normalized spacial score (nSPS) is 14.7. The number of hydrogen-bond donors (Lipinski definition) is 0. The molecule has 1 rings (SSSR count). The van der Waals surface area contributed by atoms with Crippen molar-refractivity contribution in [3.05, 3.63) is 11.9 Å². The van der Waals surface area contributed by atoms with E-state index in [1.807, 2.05) is 46.4 Å². The fourth-order valence-corrected chi connectivity index (χ4v) is 7.14. The highest BCUT2D eigenvalue weighted by Gasteiger charge is 2.25. The molecule has 4 atom stereocenters. The summed E-state index contributed by atoms with van der Waals surface area (Å²) in [6.07, 6.45) is 3.83. The third-order valence-corrected chi connectivity index (χ3v) is 11.6. The fourth-order valence-electron chi connectivity index (χ4n) is 5.20. The van der Waals surface area contributed by atoms with Crippen LogP contribution in [0.25, 0.3) is 0 Å². The van der Waals surface area contributed by atoms with E-state index in [-0.39, 0.29) is 92.3 Å². The van der Waals surface area contributed by atoms with Gasteiger partial charge >= 0.3 is 23.9 Å². The van der Waals surface area contributed by atoms with Crippen molar-refractivity contribution in [1.29, 1.82) is 0 Å². The van der Waals surface area contributed by atoms with Gasteiger partial charge in [-0.05, 0) is 45.8 Å². The molecule has 0 aliphatic rings. The standard InChI is InChI=1S/C39H68B2N4O10S2/c1-11-56-27-29(2)35(48)53-22-20-51-33(46)12-16-44(25-32-26-45(43-42-32)18-14-39(9,41)55-19-15-37(5,6)50-10)17-13-34(47)52-21-23-54-36(49)30(3)28-57-38(7,8)24-31(4)40/h26,29-31H,11-25,27-28H2,1-10H3. The van der Waals surface area contributed by atoms with Crippen molar-refractivity contribution in [3.8, 4) is 0 Å². The molecule has 0 bridgehead atoms. The largest absolute Gasteiger partial charge is 0.462 e. The number of aryl methyl sites for hydroxylation is 1. The number of hydrogen-bond acceptors (Lipinski definition) is 15. The number of ether oxygens (including phenoxy) is 6. The van der Waals surface area contributed by atoms with Gasteiger partial charge in [0, 0.05) is 67.8 Å². The summed E-state index contributed by atoms with van der Waals surface area (Å²) in [4.78, 5) is 51.8. The second-order valence-electron chi connectivity index (χ2n) is 15.9. The van der Waals surface area contributed by atoms with Crippen LogP contribution in [0.5, 0.6) is 0 Å². The highest BCUT2D eigenvalue weighted by molar-refractivity contribution is 8.00. The number of carbonyl (C=O) groups is 4. The van der Waals surface area contributed by atoms with Crippen LogP contribution in [-0.4, -0.2) is 146 Å². The summed E-state index contributed by atoms with van der Waals surface area (Å²) in [6.45, 7) is 19.1. The minimum Gasteiger partial charge on any atom is -0.462 e. The SMILES string of the molecule is [B]C(C)CC(C)(C)SCC(C)C(=O)OCCOC(=O)CCN(CCC(=O)OCCOC(=O)C(C)CSCC)Cc1cn(CCC([B])(C)OCCC(C)(C)OC)nn1. The van der Waals surface area contributed by atoms with Crippen molar-refractivity contribution in [3.63, 3.8) is 0 Å². The summed E-state index contributed by atoms with van der Waals surface area (Å²) in [5.41, 5.74) is -0.574. The Labute approximate surface area is 352 Å². The highest BCUT2D eigenvalue weighted by Crippen LogP contribution is 2.33. The first-order valence-electron chi connectivity index (χ1n) is 19.9. The molecule has 1 heterocycles. The predicted octanol–water partition coefficient (Wildman–Crippen LogP) is 5.04. The van der Waals surface area contributed by atoms with Crippen LogP contribution >= 0.6 is 23.5 Å². The van der Waals surface area contributed by atoms with E-state index in [0.29, 0.717) is 49.7 Å². The number of rotatable bonds is 32. The van der Waals surface area contributed by atoms with Gasteiger partial charge in [-0.3, -0.25) is 28.8 Å². The monoisotopic (exact) mass is 838 g/mol. The first-order valence-corrected chi connectivity index (χ1v) is 22.0. The Bertz CT molecular complexity index is 1340. The second kappa shape index (κ2) is 27.5. The molecule has 4 unspecified atom stereocenters. The van der Waals surface area contributed by atoms with Crippen molar-refractivity contribution in [2.45, 2.75) is 129 Å². The van der Waals surface area contributed by atoms with Crippen LogP contribution in [0.4, 0.5) is 0 Å². The van der Waals surface area contributed by atoms with E-state index in [2.05, 4.69) is 24.2 Å². The van der Waals surface area contributed by atoms with Crippen LogP contribution in [0.2, 0.25) is 5.82 Å². The van der Waals surface area contributed by atoms with Crippen molar-refractivity contribution in [2.24, 2.45) is 11.8 Å². The molecule has 322 valence electrons. The number of aromatic nitrogens is 3. The second-order valence-corrected chi connectivity index (χ2v) is 18.9. The minimum atomic E-state index is -0.885. The third kappa shape index (κ3) is 25.7. The van der Waals surface area contributed by atoms with Crippen molar-refractivity contribution in [1.82, 2.24) is 19.9 Å². The van der Waals surface area contributed by atoms with Crippen LogP contribution in [0.15, 0.2) is 6.20 Å². The van der Waals surface area contributed by atoms with Crippen molar-refractivity contribution >= 4 is 63.1 Å². The molecule has 0 aliphatic heterocycles. The van der Waals surface area contributed by atoms with Crippen LogP contribution in [-0.2, 0) is 60.7 Å². The third-order valence-electron chi connectivity index (χ3n) is 8.86. The first-order chi connectivity index (χ1) is 26.7. The number of thioether (sulfide) groups is 2. The molecule has 0 aromatic carbocycles. The summed E-state index contributed by atoms with van der Waals surface area (Å²) in [6, 6.07) is 0. The number of nitrogens with zero attached hydrogens (tertiary/aromatic N) is 4. The minimum absolute atomic E-state index is 0.0199. The van der Waals surface area contributed by atoms with E-state index in [9.17, 15) is 19.2 Å². The van der Waals surface area contributed by atoms with Gasteiger partial charge in [-0.15, -0.1) is 5.10 Å². The zero-order valence-electron chi connectivity index (χ0n) is 36.2. The van der Waals surface area contributed by atoms with Crippen molar-refractivity contribution in [2.75, 3.05) is 70.5 Å². The Kier molecular flexibility index (Phi) is 25.4. The summed E-state index contributed by atoms with van der Waals surface area (Å²) in [5.74, 6) is 0.0433. The lowest BCUT2D eigenvalue weighted by atomic mass is 9.80. The van der Waals surface area contributed by atoms with E-state index >= 15 is 0 Å². The average Bonchev–Trinajstić information content (AvgIpc) is 3.59. The lowest BCUT2D eigenvalue weighted by molar-refractivity contribution is -0.154. The molecule has 0 N–H and O–H groups in total. The van der Waals surface area contributed by atoms with Crippen LogP contribution < -0.4 is 0 Å². The number of carbonyl (C=O) groups excluding carboxylic acids is 4. The lowest BCUT2D eigenvalue weighted by Crippen LogP contribution is -2.34. The summed E-state index contributed by atoms with van der Waals surface area (Å²) in [7, 11) is 14.0. The molecule has 4 radical (unpaired) electrons. The van der Waals surface area contributed by atoms with Gasteiger partial charge in [-0.1, -0.05) is 52.6 Å². The van der Waals surface area contributed by atoms with E-state index in [0.717, 1.165) is 12.2 Å². The molecule has 57 heavy (non-hydrogen) atoms. The van der Waals surface area contributed by atoms with Gasteiger partial charge in [0.25, 0.3) is 0 Å². The molecular formula is C39H68B2N4O10S2. The van der Waals surface area contributed by atoms with E-state index < -0.39 is 17.4 Å². The van der Waals surface area contributed by atoms with Gasteiger partial charge in [0.1, 0.15) is 34.3 Å². The Balaban J connectivity index is 2.69. The molecule has 0 spiro atoms. The summed E-state index contributed by atoms with van der Waals surface area (Å²) < 4.78 is 34.2. The Hall–Kier alpha value is -2.27. The number of esters is 4. The van der Waals surface area contributed by atoms with E-state index in [1.54, 1.807) is 48.4 Å². The first kappa shape index (κ1) is 52.7. The number of methoxy groups -OCH3 is 1. The lowest BCUT2D eigenvalue weighted by Gasteiger charge is -2.29. The Morgan fingerprint density at radius 1 is 0.842 bits per heavy atom. The van der Waals surface area contributed by atoms with Crippen molar-refractivity contribution < 1.29 is 47.6 Å². The topological polar surface area (TPSA) is 158 Å². The molecule has 1 aromatic heterocycles. The molecule has 0 amide bonds. The Morgan fingerprint density at radius 2 is 1.39 bits per heavy atom. The van der Waals surface area contributed by atoms with Crippen LogP contribution in [0.3, 0.4) is 0 Å². The summed E-state index contributed by atoms with van der Waals surface area (Å²) in [5, 5.41) is 8.53. The van der Waals surface area contributed by atoms with Gasteiger partial charge in [0.2, 0.25) is 0 Å². The summed E-state index contributed by atoms with van der Waals surface area (Å²) >= 11 is 3.34. The van der Waals surface area contributed by atoms with Gasteiger partial charge in [-0.25, -0.2) is 0 Å². The zero-order chi connectivity index (χ0) is 43.1. The molecule has 14 nitrogen and oxygen atoms in total. The molecule has 0 fully saturated rings. The molecule has 1 aromatic rings. The van der Waals surface area contributed by atoms with Gasteiger partial charge < -0.3 is 28.4 Å². The molecule has 0 aliphatic carbocycles. The maximum atomic E-state index is 12.7. The smallest absolute Gasteiger partial charge is 0.309 e. The molecule has 18 heteroatoms. The predicted molar refractivity (Wildman–Crippen MR) is 226 cm³/mol. The fraction of sp³-hybridized carbons (Fsp3) is 0.846. The van der Waals surface area contributed by atoms with Crippen LogP contribution in [0, 0.1) is 11.8 Å². The van der Waals surface area contributed by atoms with Gasteiger partial charge in [0.05, 0.1) is 43.8 Å². The molecule has 0 saturated carbocycles. The Morgan fingerprint density at radius 3 is 1.91 bits per heavy atom. The zero-order valence-corrected chi connectivity index (χ0v) is 37.8. The van der Waals surface area contributed by atoms with Gasteiger partial charge in [0.15, 0.2) is 0 Å². The quantitative estimate of drug-likeness (QED) is 0.0411. The van der Waals surface area contributed by atoms with Crippen LogP contribution in [0.1, 0.15) is 100 Å². The molecule has 0 saturated heterocycles. The van der Waals surface area contributed by atoms with E-state index in [4.69, 9.17) is 44.1 Å². The maximum Gasteiger partial charge on any atom is 0.309 e. The van der Waals surface area contributed by atoms with E-state index in [1.165, 1.54) is 0 Å². The molecular weight excluding hydrogens is 770 g/mol. The highest BCUT2D eigenvalue weighted by atomic mass is 32.2. The maximum absolute atomic E-state index is 12.7. The van der Waals surface area contributed by atoms with Gasteiger partial charge in [-0.2, -0.15) is 23.5 Å².